The van der Waals surface area contributed by atoms with Crippen molar-refractivity contribution < 1.29 is 0 Å². The van der Waals surface area contributed by atoms with Gasteiger partial charge in [0.05, 0.1) is 0 Å². The van der Waals surface area contributed by atoms with Gasteiger partial charge in [-0.2, -0.15) is 0 Å². The lowest BCUT2D eigenvalue weighted by molar-refractivity contribution is 0.256. The van der Waals surface area contributed by atoms with E-state index in [1.807, 2.05) is 0 Å². The van der Waals surface area contributed by atoms with Crippen LogP contribution in [0.4, 0.5) is 0 Å². The van der Waals surface area contributed by atoms with Crippen molar-refractivity contribution in [3.63, 3.8) is 0 Å². The zero-order chi connectivity index (χ0) is 9.92. The molecule has 0 aromatic rings. The molecule has 2 bridgehead atoms. The van der Waals surface area contributed by atoms with E-state index in [1.165, 1.54) is 29.2 Å². The van der Waals surface area contributed by atoms with Gasteiger partial charge >= 0.3 is 0 Å². The van der Waals surface area contributed by atoms with Crippen LogP contribution in [0.25, 0.3) is 0 Å². The molecule has 0 nitrogen and oxygen atoms in total. The molecule has 5 unspecified atom stereocenters. The van der Waals surface area contributed by atoms with Crippen LogP contribution in [0, 0.1) is 23.7 Å². The molecule has 80 valence electrons. The third kappa shape index (κ3) is 1.17. The first-order valence-corrected chi connectivity index (χ1v) is 10.1. The van der Waals surface area contributed by atoms with Crippen molar-refractivity contribution in [1.29, 1.82) is 0 Å². The largest absolute Gasteiger partial charge is 0.0693 e. The van der Waals surface area contributed by atoms with E-state index in [4.69, 9.17) is 0 Å². The van der Waals surface area contributed by atoms with E-state index in [9.17, 15) is 0 Å². The molecule has 5 atom stereocenters. The Kier molecular flexibility index (Phi) is 1.94. The van der Waals surface area contributed by atoms with E-state index in [1.54, 1.807) is 32.1 Å². The molecule has 0 aromatic heterocycles. The SMILES string of the molecule is C[Si](C)(C)C1CC2CC1C1CCCC21. The first-order valence-electron chi connectivity index (χ1n) is 6.57. The highest BCUT2D eigenvalue weighted by Gasteiger charge is 2.56. The zero-order valence-electron chi connectivity index (χ0n) is 9.92. The van der Waals surface area contributed by atoms with E-state index < -0.39 is 8.07 Å². The second-order valence-electron chi connectivity index (χ2n) is 7.13. The van der Waals surface area contributed by atoms with Crippen LogP contribution in [-0.4, -0.2) is 8.07 Å². The van der Waals surface area contributed by atoms with Crippen LogP contribution in [0.2, 0.25) is 25.2 Å². The Morgan fingerprint density at radius 3 is 2.29 bits per heavy atom. The van der Waals surface area contributed by atoms with E-state index >= 15 is 0 Å². The summed E-state index contributed by atoms with van der Waals surface area (Å²) in [4.78, 5) is 0. The third-order valence-electron chi connectivity index (χ3n) is 5.54. The summed E-state index contributed by atoms with van der Waals surface area (Å²) < 4.78 is 0. The topological polar surface area (TPSA) is 0 Å². The summed E-state index contributed by atoms with van der Waals surface area (Å²) in [6, 6.07) is 0. The average molecular weight is 208 g/mol. The van der Waals surface area contributed by atoms with Gasteiger partial charge in [-0.25, -0.2) is 0 Å². The van der Waals surface area contributed by atoms with Crippen molar-refractivity contribution in [3.8, 4) is 0 Å². The predicted octanol–water partition coefficient (Wildman–Crippen LogP) is 4.15. The number of hydrogen-bond donors (Lipinski definition) is 0. The molecule has 14 heavy (non-hydrogen) atoms. The predicted molar refractivity (Wildman–Crippen MR) is 64.1 cm³/mol. The maximum absolute atomic E-state index is 2.60. The molecule has 0 aliphatic heterocycles. The van der Waals surface area contributed by atoms with Crippen LogP contribution in [0.15, 0.2) is 0 Å². The van der Waals surface area contributed by atoms with Gasteiger partial charge in [0.2, 0.25) is 0 Å². The van der Waals surface area contributed by atoms with Gasteiger partial charge < -0.3 is 0 Å². The molecule has 3 aliphatic rings. The smallest absolute Gasteiger partial charge is 0.0476 e. The van der Waals surface area contributed by atoms with Gasteiger partial charge in [0.25, 0.3) is 0 Å². The molecule has 0 aromatic carbocycles. The minimum absolute atomic E-state index is 0.838. The van der Waals surface area contributed by atoms with Crippen LogP contribution < -0.4 is 0 Å². The van der Waals surface area contributed by atoms with Gasteiger partial charge in [-0.05, 0) is 54.9 Å². The molecule has 0 saturated heterocycles. The van der Waals surface area contributed by atoms with Crippen molar-refractivity contribution >= 4 is 8.07 Å². The highest BCUT2D eigenvalue weighted by Crippen LogP contribution is 2.64. The van der Waals surface area contributed by atoms with Crippen LogP contribution in [-0.2, 0) is 0 Å². The molecular formula is C13H24Si. The maximum atomic E-state index is 2.60. The maximum Gasteiger partial charge on any atom is 0.0476 e. The standard InChI is InChI=1S/C13H24Si/c1-14(2,3)13-8-9-7-12(13)11-6-4-5-10(9)11/h9-13H,4-8H2,1-3H3. The van der Waals surface area contributed by atoms with E-state index in [2.05, 4.69) is 19.6 Å². The summed E-state index contributed by atoms with van der Waals surface area (Å²) >= 11 is 0. The monoisotopic (exact) mass is 208 g/mol. The van der Waals surface area contributed by atoms with Gasteiger partial charge in [-0.3, -0.25) is 0 Å². The van der Waals surface area contributed by atoms with E-state index in [-0.39, 0.29) is 0 Å². The van der Waals surface area contributed by atoms with Crippen molar-refractivity contribution in [2.75, 3.05) is 0 Å². The van der Waals surface area contributed by atoms with Crippen molar-refractivity contribution in [1.82, 2.24) is 0 Å². The van der Waals surface area contributed by atoms with Crippen LogP contribution >= 0.6 is 0 Å². The van der Waals surface area contributed by atoms with Crippen LogP contribution in [0.5, 0.6) is 0 Å². The molecular weight excluding hydrogens is 184 g/mol. The van der Waals surface area contributed by atoms with E-state index in [0.717, 1.165) is 0 Å². The summed E-state index contributed by atoms with van der Waals surface area (Å²) in [7, 11) is -0.838. The first kappa shape index (κ1) is 9.44. The van der Waals surface area contributed by atoms with Gasteiger partial charge in [-0.1, -0.05) is 26.1 Å². The molecule has 0 radical (unpaired) electrons. The quantitative estimate of drug-likeness (QED) is 0.568. The van der Waals surface area contributed by atoms with Crippen LogP contribution in [0.1, 0.15) is 32.1 Å². The fraction of sp³-hybridized carbons (Fsp3) is 1.00. The molecule has 0 amide bonds. The number of rotatable bonds is 1. The fourth-order valence-corrected chi connectivity index (χ4v) is 7.74. The lowest BCUT2D eigenvalue weighted by Crippen LogP contribution is -2.36. The minimum atomic E-state index is -0.838. The summed E-state index contributed by atoms with van der Waals surface area (Å²) in [6.07, 6.45) is 7.99. The molecule has 0 spiro atoms. The average Bonchev–Trinajstić information content (AvgIpc) is 2.74. The molecule has 3 saturated carbocycles. The van der Waals surface area contributed by atoms with Crippen LogP contribution in [0.3, 0.4) is 0 Å². The second-order valence-corrected chi connectivity index (χ2v) is 12.6. The second kappa shape index (κ2) is 2.87. The molecule has 0 heterocycles. The van der Waals surface area contributed by atoms with Crippen molar-refractivity contribution in [2.45, 2.75) is 57.3 Å². The summed E-state index contributed by atoms with van der Waals surface area (Å²) in [5.41, 5.74) is 1.19. The van der Waals surface area contributed by atoms with Gasteiger partial charge in [0.15, 0.2) is 0 Å². The molecule has 0 N–H and O–H groups in total. The third-order valence-corrected chi connectivity index (χ3v) is 8.43. The first-order chi connectivity index (χ1) is 6.57. The fourth-order valence-electron chi connectivity index (χ4n) is 5.06. The van der Waals surface area contributed by atoms with E-state index in [0.29, 0.717) is 0 Å². The zero-order valence-corrected chi connectivity index (χ0v) is 10.9. The highest BCUT2D eigenvalue weighted by atomic mass is 28.3. The normalized spacial score (nSPS) is 51.2. The molecule has 3 aliphatic carbocycles. The van der Waals surface area contributed by atoms with Crippen molar-refractivity contribution in [3.05, 3.63) is 0 Å². The highest BCUT2D eigenvalue weighted by molar-refractivity contribution is 6.77. The molecule has 3 fully saturated rings. The number of fused-ring (bicyclic) bond motifs is 5. The Morgan fingerprint density at radius 1 is 0.857 bits per heavy atom. The van der Waals surface area contributed by atoms with Gasteiger partial charge in [0, 0.05) is 8.07 Å². The van der Waals surface area contributed by atoms with Crippen molar-refractivity contribution in [2.24, 2.45) is 23.7 Å². The number of hydrogen-bond acceptors (Lipinski definition) is 0. The van der Waals surface area contributed by atoms with Gasteiger partial charge in [-0.15, -0.1) is 0 Å². The Morgan fingerprint density at radius 2 is 1.57 bits per heavy atom. The summed E-state index contributed by atoms with van der Waals surface area (Å²) in [5, 5.41) is 0. The molecule has 1 heteroatoms. The lowest BCUT2D eigenvalue weighted by atomic mass is 9.81. The Hall–Kier alpha value is 0.217. The Labute approximate surface area is 89.5 Å². The van der Waals surface area contributed by atoms with Gasteiger partial charge in [0.1, 0.15) is 0 Å². The summed E-state index contributed by atoms with van der Waals surface area (Å²) in [5.74, 6) is 4.72. The lowest BCUT2D eigenvalue weighted by Gasteiger charge is -2.38. The Balaban J connectivity index is 1.83. The molecule has 3 rings (SSSR count). The Bertz CT molecular complexity index is 240. The summed E-state index contributed by atoms with van der Waals surface area (Å²) in [6.45, 7) is 7.80. The minimum Gasteiger partial charge on any atom is -0.0693 e.